The largest absolute Gasteiger partial charge is 0.298 e. The number of nitro groups is 1. The number of anilines is 2. The summed E-state index contributed by atoms with van der Waals surface area (Å²) in [5, 5.41) is 15.6. The SMILES string of the molecule is O=C(Nc1nc(-c2ccc([N+](=O)[O-])cc2)cs1)c1ccc(N2C(=O)c3ccccc3C2=O)cc1. The summed E-state index contributed by atoms with van der Waals surface area (Å²) in [6, 6.07) is 18.7. The molecular weight excluding hydrogens is 456 g/mol. The molecule has 0 saturated carbocycles. The molecule has 0 unspecified atom stereocenters. The van der Waals surface area contributed by atoms with Crippen molar-refractivity contribution in [2.24, 2.45) is 0 Å². The van der Waals surface area contributed by atoms with Gasteiger partial charge in [0.25, 0.3) is 23.4 Å². The molecule has 3 aromatic carbocycles. The van der Waals surface area contributed by atoms with Crippen molar-refractivity contribution >= 4 is 45.6 Å². The molecule has 2 heterocycles. The molecule has 0 radical (unpaired) electrons. The van der Waals surface area contributed by atoms with E-state index in [2.05, 4.69) is 10.3 Å². The molecule has 34 heavy (non-hydrogen) atoms. The molecule has 1 aliphatic heterocycles. The normalized spacial score (nSPS) is 12.5. The number of carbonyl (C=O) groups excluding carboxylic acids is 3. The number of aromatic nitrogens is 1. The Bertz CT molecular complexity index is 1430. The summed E-state index contributed by atoms with van der Waals surface area (Å²) in [5.74, 6) is -1.21. The fraction of sp³-hybridized carbons (Fsp3) is 0. The molecule has 3 amide bonds. The first-order valence-corrected chi connectivity index (χ1v) is 10.9. The van der Waals surface area contributed by atoms with Gasteiger partial charge in [-0.1, -0.05) is 12.1 Å². The minimum Gasteiger partial charge on any atom is -0.298 e. The Morgan fingerprint density at radius 1 is 0.912 bits per heavy atom. The van der Waals surface area contributed by atoms with Gasteiger partial charge in [0.1, 0.15) is 0 Å². The number of amides is 3. The Labute approximate surface area is 196 Å². The molecular formula is C24H14N4O5S. The molecule has 4 aromatic rings. The van der Waals surface area contributed by atoms with Crippen LogP contribution in [0.25, 0.3) is 11.3 Å². The van der Waals surface area contributed by atoms with E-state index in [1.807, 2.05) is 0 Å². The van der Waals surface area contributed by atoms with Gasteiger partial charge in [0.2, 0.25) is 0 Å². The summed E-state index contributed by atoms with van der Waals surface area (Å²) in [6.45, 7) is 0. The van der Waals surface area contributed by atoms with Crippen molar-refractivity contribution in [1.29, 1.82) is 0 Å². The van der Waals surface area contributed by atoms with E-state index in [1.54, 1.807) is 53.9 Å². The molecule has 0 bridgehead atoms. The number of rotatable bonds is 5. The number of thiazole rings is 1. The van der Waals surface area contributed by atoms with E-state index < -0.39 is 22.6 Å². The molecule has 0 saturated heterocycles. The third-order valence-corrected chi connectivity index (χ3v) is 6.04. The molecule has 0 spiro atoms. The Kier molecular flexibility index (Phi) is 5.19. The number of hydrogen-bond acceptors (Lipinski definition) is 7. The van der Waals surface area contributed by atoms with Gasteiger partial charge in [-0.2, -0.15) is 0 Å². The van der Waals surface area contributed by atoms with E-state index in [9.17, 15) is 24.5 Å². The summed E-state index contributed by atoms with van der Waals surface area (Å²) >= 11 is 1.22. The van der Waals surface area contributed by atoms with Crippen LogP contribution >= 0.6 is 11.3 Å². The van der Waals surface area contributed by atoms with Crippen LogP contribution in [-0.2, 0) is 0 Å². The third kappa shape index (κ3) is 3.71. The molecule has 1 N–H and O–H groups in total. The molecule has 5 rings (SSSR count). The summed E-state index contributed by atoms with van der Waals surface area (Å²) < 4.78 is 0. The predicted molar refractivity (Wildman–Crippen MR) is 126 cm³/mol. The first-order valence-electron chi connectivity index (χ1n) is 10.0. The fourth-order valence-corrected chi connectivity index (χ4v) is 4.29. The van der Waals surface area contributed by atoms with Crippen LogP contribution in [0.5, 0.6) is 0 Å². The lowest BCUT2D eigenvalue weighted by molar-refractivity contribution is -0.384. The Balaban J connectivity index is 1.29. The van der Waals surface area contributed by atoms with Gasteiger partial charge in [0.05, 0.1) is 27.4 Å². The minimum absolute atomic E-state index is 0.0165. The highest BCUT2D eigenvalue weighted by Crippen LogP contribution is 2.29. The Morgan fingerprint density at radius 2 is 1.53 bits per heavy atom. The minimum atomic E-state index is -0.476. The molecule has 1 aliphatic rings. The van der Waals surface area contributed by atoms with Gasteiger partial charge in [-0.25, -0.2) is 9.88 Å². The first kappa shape index (κ1) is 21.2. The van der Waals surface area contributed by atoms with Crippen LogP contribution in [0.15, 0.2) is 78.2 Å². The van der Waals surface area contributed by atoms with Crippen molar-refractivity contribution in [3.05, 3.63) is 105 Å². The first-order chi connectivity index (χ1) is 16.4. The van der Waals surface area contributed by atoms with Crippen LogP contribution in [-0.4, -0.2) is 27.6 Å². The Hall–Kier alpha value is -4.70. The van der Waals surface area contributed by atoms with E-state index in [4.69, 9.17) is 0 Å². The molecule has 10 heteroatoms. The third-order valence-electron chi connectivity index (χ3n) is 5.28. The molecule has 9 nitrogen and oxygen atoms in total. The lowest BCUT2D eigenvalue weighted by Crippen LogP contribution is -2.29. The van der Waals surface area contributed by atoms with Crippen molar-refractivity contribution in [3.63, 3.8) is 0 Å². The zero-order valence-electron chi connectivity index (χ0n) is 17.3. The van der Waals surface area contributed by atoms with Crippen LogP contribution in [0.2, 0.25) is 0 Å². The fourth-order valence-electron chi connectivity index (χ4n) is 3.57. The number of carbonyl (C=O) groups is 3. The van der Waals surface area contributed by atoms with E-state index in [0.717, 1.165) is 4.90 Å². The molecule has 1 aromatic heterocycles. The van der Waals surface area contributed by atoms with Crippen LogP contribution in [0.3, 0.4) is 0 Å². The van der Waals surface area contributed by atoms with Gasteiger partial charge in [0.15, 0.2) is 5.13 Å². The summed E-state index contributed by atoms with van der Waals surface area (Å²) in [6.07, 6.45) is 0. The maximum atomic E-state index is 12.7. The van der Waals surface area contributed by atoms with Gasteiger partial charge in [-0.3, -0.25) is 29.8 Å². The van der Waals surface area contributed by atoms with Crippen LogP contribution in [0.4, 0.5) is 16.5 Å². The van der Waals surface area contributed by atoms with Crippen LogP contribution < -0.4 is 10.2 Å². The molecule has 0 fully saturated rings. The number of imide groups is 1. The standard InChI is InChI=1S/C24H14N4O5S/c29-21(26-24-25-20(13-34-24)14-5-11-17(12-6-14)28(32)33)15-7-9-16(10-8-15)27-22(30)18-3-1-2-4-19(18)23(27)31/h1-13H,(H,25,26,29). The topological polar surface area (TPSA) is 123 Å². The van der Waals surface area contributed by atoms with E-state index in [-0.39, 0.29) is 5.69 Å². The summed E-state index contributed by atoms with van der Waals surface area (Å²) in [7, 11) is 0. The van der Waals surface area contributed by atoms with E-state index in [1.165, 1.54) is 35.6 Å². The Morgan fingerprint density at radius 3 is 2.12 bits per heavy atom. The van der Waals surface area contributed by atoms with Gasteiger partial charge < -0.3 is 0 Å². The number of benzene rings is 3. The zero-order chi connectivity index (χ0) is 23.8. The number of non-ortho nitro benzene ring substituents is 1. The average Bonchev–Trinajstić information content (AvgIpc) is 3.42. The number of fused-ring (bicyclic) bond motifs is 1. The van der Waals surface area contributed by atoms with Crippen molar-refractivity contribution < 1.29 is 19.3 Å². The highest BCUT2D eigenvalue weighted by atomic mass is 32.1. The van der Waals surface area contributed by atoms with Crippen LogP contribution in [0.1, 0.15) is 31.1 Å². The average molecular weight is 470 g/mol. The summed E-state index contributed by atoms with van der Waals surface area (Å²) in [5.41, 5.74) is 2.65. The van der Waals surface area contributed by atoms with E-state index in [0.29, 0.717) is 38.8 Å². The number of nitro benzene ring substituents is 1. The lowest BCUT2D eigenvalue weighted by atomic mass is 10.1. The predicted octanol–water partition coefficient (Wildman–Crippen LogP) is 4.77. The highest BCUT2D eigenvalue weighted by molar-refractivity contribution is 7.14. The number of nitrogens with zero attached hydrogens (tertiary/aromatic N) is 3. The highest BCUT2D eigenvalue weighted by Gasteiger charge is 2.36. The quantitative estimate of drug-likeness (QED) is 0.255. The smallest absolute Gasteiger partial charge is 0.269 e. The second-order valence-corrected chi connectivity index (χ2v) is 8.19. The van der Waals surface area contributed by atoms with Gasteiger partial charge in [0, 0.05) is 28.6 Å². The summed E-state index contributed by atoms with van der Waals surface area (Å²) in [4.78, 5) is 53.7. The molecule has 0 atom stereocenters. The monoisotopic (exact) mass is 470 g/mol. The van der Waals surface area contributed by atoms with Crippen molar-refractivity contribution in [1.82, 2.24) is 4.98 Å². The molecule has 0 aliphatic carbocycles. The number of nitrogens with one attached hydrogen (secondary N) is 1. The zero-order valence-corrected chi connectivity index (χ0v) is 18.1. The second kappa shape index (κ2) is 8.34. The maximum absolute atomic E-state index is 12.7. The van der Waals surface area contributed by atoms with Crippen molar-refractivity contribution in [2.75, 3.05) is 10.2 Å². The van der Waals surface area contributed by atoms with Crippen LogP contribution in [0, 0.1) is 10.1 Å². The van der Waals surface area contributed by atoms with Gasteiger partial charge in [-0.15, -0.1) is 11.3 Å². The van der Waals surface area contributed by atoms with Gasteiger partial charge >= 0.3 is 0 Å². The van der Waals surface area contributed by atoms with Crippen molar-refractivity contribution in [3.8, 4) is 11.3 Å². The molecule has 166 valence electrons. The second-order valence-electron chi connectivity index (χ2n) is 7.33. The number of hydrogen-bond donors (Lipinski definition) is 1. The van der Waals surface area contributed by atoms with E-state index >= 15 is 0 Å². The lowest BCUT2D eigenvalue weighted by Gasteiger charge is -2.14. The van der Waals surface area contributed by atoms with Crippen molar-refractivity contribution in [2.45, 2.75) is 0 Å². The van der Waals surface area contributed by atoms with Gasteiger partial charge in [-0.05, 0) is 48.5 Å². The maximum Gasteiger partial charge on any atom is 0.269 e.